The predicted molar refractivity (Wildman–Crippen MR) is 145 cm³/mol. The van der Waals surface area contributed by atoms with E-state index in [4.69, 9.17) is 15.2 Å². The Bertz CT molecular complexity index is 1120. The molecule has 2 fully saturated rings. The lowest BCUT2D eigenvalue weighted by Gasteiger charge is -2.38. The van der Waals surface area contributed by atoms with E-state index in [2.05, 4.69) is 9.89 Å². The molecule has 9 heteroatoms. The van der Waals surface area contributed by atoms with E-state index in [0.717, 1.165) is 50.0 Å². The van der Waals surface area contributed by atoms with Gasteiger partial charge < -0.3 is 25.0 Å². The fraction of sp³-hybridized carbons (Fsp3) is 0.448. The van der Waals surface area contributed by atoms with Crippen molar-refractivity contribution in [1.29, 1.82) is 0 Å². The van der Waals surface area contributed by atoms with Gasteiger partial charge in [-0.15, -0.1) is 0 Å². The summed E-state index contributed by atoms with van der Waals surface area (Å²) in [7, 11) is 1.41. The first-order valence-electron chi connectivity index (χ1n) is 13.2. The van der Waals surface area contributed by atoms with Crippen molar-refractivity contribution >= 4 is 29.5 Å². The molecule has 0 saturated carbocycles. The van der Waals surface area contributed by atoms with Crippen LogP contribution in [0.5, 0.6) is 0 Å². The van der Waals surface area contributed by atoms with Gasteiger partial charge in [0.2, 0.25) is 5.91 Å². The Morgan fingerprint density at radius 3 is 2.21 bits per heavy atom. The van der Waals surface area contributed by atoms with Crippen LogP contribution in [-0.4, -0.2) is 62.0 Å². The van der Waals surface area contributed by atoms with Gasteiger partial charge in [-0.1, -0.05) is 30.3 Å². The van der Waals surface area contributed by atoms with Crippen LogP contribution in [0.2, 0.25) is 0 Å². The molecule has 0 aliphatic carbocycles. The molecule has 2 aromatic carbocycles. The van der Waals surface area contributed by atoms with Gasteiger partial charge in [0.1, 0.15) is 12.4 Å². The van der Waals surface area contributed by atoms with Gasteiger partial charge in [0.25, 0.3) is 0 Å². The molecule has 2 aliphatic rings. The Hall–Kier alpha value is -3.88. The molecule has 202 valence electrons. The molecule has 4 rings (SSSR count). The largest absolute Gasteiger partial charge is 0.469 e. The van der Waals surface area contributed by atoms with Crippen molar-refractivity contribution in [3.8, 4) is 0 Å². The topological polar surface area (TPSA) is 115 Å². The predicted octanol–water partition coefficient (Wildman–Crippen LogP) is 3.75. The number of piperidine rings is 2. The second-order valence-corrected chi connectivity index (χ2v) is 9.89. The summed E-state index contributed by atoms with van der Waals surface area (Å²) in [4.78, 5) is 44.7. The van der Waals surface area contributed by atoms with Gasteiger partial charge in [-0.3, -0.25) is 9.59 Å². The molecule has 2 heterocycles. The number of carbonyl (C=O) groups excluding carboxylic acids is 3. The number of amides is 2. The van der Waals surface area contributed by atoms with Crippen molar-refractivity contribution in [2.45, 2.75) is 38.7 Å². The monoisotopic (exact) mass is 520 g/mol. The summed E-state index contributed by atoms with van der Waals surface area (Å²) in [6.07, 6.45) is 3.02. The molecule has 2 amide bonds. The summed E-state index contributed by atoms with van der Waals surface area (Å²) in [5, 5.41) is 0. The summed E-state index contributed by atoms with van der Waals surface area (Å²) in [6.45, 7) is 3.16. The summed E-state index contributed by atoms with van der Waals surface area (Å²) in [6, 6.07) is 17.0. The van der Waals surface area contributed by atoms with Crippen molar-refractivity contribution < 1.29 is 23.9 Å². The maximum Gasteiger partial charge on any atom is 0.435 e. The molecule has 0 unspecified atom stereocenters. The van der Waals surface area contributed by atoms with Crippen molar-refractivity contribution in [3.63, 3.8) is 0 Å². The van der Waals surface area contributed by atoms with Crippen molar-refractivity contribution in [1.82, 2.24) is 4.90 Å². The lowest BCUT2D eigenvalue weighted by Crippen LogP contribution is -2.45. The zero-order chi connectivity index (χ0) is 26.9. The van der Waals surface area contributed by atoms with Crippen LogP contribution in [0.3, 0.4) is 0 Å². The Balaban J connectivity index is 1.22. The minimum atomic E-state index is -0.727. The fourth-order valence-corrected chi connectivity index (χ4v) is 5.08. The molecule has 9 nitrogen and oxygen atoms in total. The second kappa shape index (κ2) is 13.1. The number of anilines is 1. The van der Waals surface area contributed by atoms with Gasteiger partial charge in [-0.2, -0.15) is 4.99 Å². The van der Waals surface area contributed by atoms with Gasteiger partial charge in [-0.25, -0.2) is 4.79 Å². The summed E-state index contributed by atoms with van der Waals surface area (Å²) in [5.41, 5.74) is 8.59. The lowest BCUT2D eigenvalue weighted by atomic mass is 9.90. The highest BCUT2D eigenvalue weighted by atomic mass is 16.5. The molecule has 2 aromatic rings. The molecule has 0 spiro atoms. The first-order chi connectivity index (χ1) is 18.4. The van der Waals surface area contributed by atoms with E-state index in [1.165, 1.54) is 7.11 Å². The van der Waals surface area contributed by atoms with E-state index < -0.39 is 6.09 Å². The molecule has 0 atom stereocenters. The second-order valence-electron chi connectivity index (χ2n) is 9.89. The van der Waals surface area contributed by atoms with E-state index in [-0.39, 0.29) is 30.2 Å². The highest BCUT2D eigenvalue weighted by Crippen LogP contribution is 2.28. The van der Waals surface area contributed by atoms with Crippen LogP contribution in [0.25, 0.3) is 0 Å². The highest BCUT2D eigenvalue weighted by molar-refractivity contribution is 6.02. The quantitative estimate of drug-likeness (QED) is 0.336. The number of nitrogens with two attached hydrogens (primary N) is 1. The van der Waals surface area contributed by atoms with E-state index in [1.54, 1.807) is 0 Å². The standard InChI is InChI=1S/C29H36N4O5/c1-37-26(34)19-21-11-15-33(16-12-21)28(35)24-13-17-32(18-14-24)25-9-7-23(8-10-25)27(30)31-29(36)38-20-22-5-3-2-4-6-22/h2-10,21,24H,11-20H2,1H3,(H2,30,31,36). The number of ether oxygens (including phenoxy) is 2. The first kappa shape index (κ1) is 27.2. The van der Waals surface area contributed by atoms with Crippen LogP contribution >= 0.6 is 0 Å². The molecule has 2 N–H and O–H groups in total. The summed E-state index contributed by atoms with van der Waals surface area (Å²) in [5.74, 6) is 0.503. The number of carbonyl (C=O) groups is 3. The van der Waals surface area contributed by atoms with E-state index in [1.807, 2.05) is 59.5 Å². The maximum absolute atomic E-state index is 13.1. The van der Waals surface area contributed by atoms with Crippen LogP contribution in [0.15, 0.2) is 59.6 Å². The van der Waals surface area contributed by atoms with Crippen LogP contribution in [-0.2, 0) is 25.7 Å². The van der Waals surface area contributed by atoms with E-state index in [0.29, 0.717) is 31.0 Å². The Morgan fingerprint density at radius 2 is 1.58 bits per heavy atom. The van der Waals surface area contributed by atoms with Gasteiger partial charge in [0, 0.05) is 49.8 Å². The number of hydrogen-bond donors (Lipinski definition) is 1. The third-order valence-electron chi connectivity index (χ3n) is 7.40. The molecule has 0 aromatic heterocycles. The first-order valence-corrected chi connectivity index (χ1v) is 13.2. The molecule has 2 saturated heterocycles. The molecule has 38 heavy (non-hydrogen) atoms. The molecule has 2 aliphatic heterocycles. The van der Waals surface area contributed by atoms with Crippen LogP contribution in [0.1, 0.15) is 43.2 Å². The smallest absolute Gasteiger partial charge is 0.435 e. The van der Waals surface area contributed by atoms with Gasteiger partial charge in [0.15, 0.2) is 0 Å². The molecular weight excluding hydrogens is 484 g/mol. The fourth-order valence-electron chi connectivity index (χ4n) is 5.08. The number of nitrogens with zero attached hydrogens (tertiary/aromatic N) is 3. The number of benzene rings is 2. The Kier molecular flexibility index (Phi) is 9.35. The zero-order valence-corrected chi connectivity index (χ0v) is 21.9. The lowest BCUT2D eigenvalue weighted by molar-refractivity contribution is -0.142. The van der Waals surface area contributed by atoms with E-state index >= 15 is 0 Å². The molecule has 0 radical (unpaired) electrons. The number of aliphatic imine (C=N–C) groups is 1. The summed E-state index contributed by atoms with van der Waals surface area (Å²) < 4.78 is 9.94. The number of amidine groups is 1. The normalized spacial score (nSPS) is 17.2. The van der Waals surface area contributed by atoms with Crippen molar-refractivity contribution in [2.24, 2.45) is 22.6 Å². The minimum absolute atomic E-state index is 0.0346. The third-order valence-corrected chi connectivity index (χ3v) is 7.40. The molecule has 0 bridgehead atoms. The van der Waals surface area contributed by atoms with Crippen LogP contribution in [0, 0.1) is 11.8 Å². The third kappa shape index (κ3) is 7.34. The summed E-state index contributed by atoms with van der Waals surface area (Å²) >= 11 is 0. The van der Waals surface area contributed by atoms with Gasteiger partial charge in [-0.05, 0) is 61.4 Å². The average molecular weight is 521 g/mol. The van der Waals surface area contributed by atoms with Gasteiger partial charge >= 0.3 is 12.1 Å². The van der Waals surface area contributed by atoms with Gasteiger partial charge in [0.05, 0.1) is 7.11 Å². The number of hydrogen-bond acceptors (Lipinski definition) is 6. The average Bonchev–Trinajstić information content (AvgIpc) is 2.96. The maximum atomic E-state index is 13.1. The van der Waals surface area contributed by atoms with Crippen LogP contribution in [0.4, 0.5) is 10.5 Å². The highest BCUT2D eigenvalue weighted by Gasteiger charge is 2.31. The molecular formula is C29H36N4O5. The van der Waals surface area contributed by atoms with Crippen molar-refractivity contribution in [3.05, 3.63) is 65.7 Å². The number of rotatable bonds is 7. The van der Waals surface area contributed by atoms with Crippen LogP contribution < -0.4 is 10.6 Å². The Morgan fingerprint density at radius 1 is 0.921 bits per heavy atom. The SMILES string of the molecule is COC(=O)CC1CCN(C(=O)C2CCN(c3ccc(C(N)=NC(=O)OCc4ccccc4)cc3)CC2)CC1. The van der Waals surface area contributed by atoms with Crippen molar-refractivity contribution in [2.75, 3.05) is 38.2 Å². The zero-order valence-electron chi connectivity index (χ0n) is 21.9. The number of methoxy groups -OCH3 is 1. The van der Waals surface area contributed by atoms with E-state index in [9.17, 15) is 14.4 Å². The Labute approximate surface area is 223 Å². The minimum Gasteiger partial charge on any atom is -0.469 e. The number of likely N-dealkylation sites (tertiary alicyclic amines) is 1. The number of esters is 1.